The standard InChI is InChI=1S/C17H36NO7P/c1-5-6-7-8-9-10-11-17(20)23-15-16(14-19)25-26(21,22)24-13-12-18(2,3)4/h16,19H,5-15H2,1-4H3/t16-/m0/s1. The van der Waals surface area contributed by atoms with E-state index in [1.807, 2.05) is 21.1 Å². The first kappa shape index (κ1) is 25.5. The highest BCUT2D eigenvalue weighted by Gasteiger charge is 2.20. The Morgan fingerprint density at radius 1 is 1.15 bits per heavy atom. The highest BCUT2D eigenvalue weighted by Crippen LogP contribution is 2.39. The highest BCUT2D eigenvalue weighted by atomic mass is 31.2. The van der Waals surface area contributed by atoms with Crippen molar-refractivity contribution >= 4 is 13.8 Å². The van der Waals surface area contributed by atoms with Crippen LogP contribution in [-0.4, -0.2) is 69.2 Å². The van der Waals surface area contributed by atoms with E-state index in [0.29, 0.717) is 11.0 Å². The number of hydrogen-bond acceptors (Lipinski definition) is 7. The second-order valence-corrected chi connectivity index (χ2v) is 8.77. The van der Waals surface area contributed by atoms with Gasteiger partial charge in [-0.15, -0.1) is 0 Å². The van der Waals surface area contributed by atoms with Gasteiger partial charge in [0.05, 0.1) is 27.7 Å². The molecule has 0 rings (SSSR count). The van der Waals surface area contributed by atoms with Gasteiger partial charge in [-0.25, -0.2) is 0 Å². The number of phosphoric acid groups is 1. The average Bonchev–Trinajstić information content (AvgIpc) is 2.53. The lowest BCUT2D eigenvalue weighted by atomic mass is 10.1. The monoisotopic (exact) mass is 397 g/mol. The van der Waals surface area contributed by atoms with Gasteiger partial charge in [-0.2, -0.15) is 0 Å². The first-order valence-corrected chi connectivity index (χ1v) is 10.8. The smallest absolute Gasteiger partial charge is 0.305 e. The Bertz CT molecular complexity index is 426. The Balaban J connectivity index is 4.02. The Kier molecular flexibility index (Phi) is 13.4. The molecule has 0 aromatic carbocycles. The molecule has 0 aromatic heterocycles. The minimum atomic E-state index is -4.56. The summed E-state index contributed by atoms with van der Waals surface area (Å²) < 4.78 is 26.8. The van der Waals surface area contributed by atoms with Crippen molar-refractivity contribution in [2.75, 3.05) is 47.5 Å². The maximum absolute atomic E-state index is 11.8. The maximum Gasteiger partial charge on any atom is 0.305 e. The van der Waals surface area contributed by atoms with Gasteiger partial charge in [0, 0.05) is 6.42 Å². The summed E-state index contributed by atoms with van der Waals surface area (Å²) in [5, 5.41) is 9.22. The van der Waals surface area contributed by atoms with Gasteiger partial charge in [-0.1, -0.05) is 39.0 Å². The molecule has 0 aliphatic carbocycles. The summed E-state index contributed by atoms with van der Waals surface area (Å²) >= 11 is 0. The molecule has 0 aliphatic heterocycles. The second-order valence-electron chi connectivity index (χ2n) is 7.41. The van der Waals surface area contributed by atoms with Crippen molar-refractivity contribution in [3.63, 3.8) is 0 Å². The van der Waals surface area contributed by atoms with Crippen molar-refractivity contribution in [3.05, 3.63) is 0 Å². The summed E-state index contributed by atoms with van der Waals surface area (Å²) in [4.78, 5) is 23.4. The van der Waals surface area contributed by atoms with Gasteiger partial charge in [0.2, 0.25) is 0 Å². The summed E-state index contributed by atoms with van der Waals surface area (Å²) in [7, 11) is 1.15. The zero-order valence-electron chi connectivity index (χ0n) is 16.6. The topological polar surface area (TPSA) is 105 Å². The molecule has 0 amide bonds. The summed E-state index contributed by atoms with van der Waals surface area (Å²) in [5.74, 6) is -0.422. The number of aliphatic hydroxyl groups is 1. The molecule has 156 valence electrons. The van der Waals surface area contributed by atoms with Crippen LogP contribution in [0.25, 0.3) is 0 Å². The SMILES string of the molecule is CCCCCCCCC(=O)OC[C@H](CO)OP(=O)([O-])OCC[N+](C)(C)C. The predicted molar refractivity (Wildman–Crippen MR) is 97.4 cm³/mol. The molecule has 9 heteroatoms. The molecular formula is C17H36NO7P. The largest absolute Gasteiger partial charge is 0.756 e. The van der Waals surface area contributed by atoms with Gasteiger partial charge in [-0.05, 0) is 6.42 Å². The third-order valence-electron chi connectivity index (χ3n) is 3.66. The molecule has 0 spiro atoms. The summed E-state index contributed by atoms with van der Waals surface area (Å²) in [6, 6.07) is 0. The van der Waals surface area contributed by atoms with Crippen LogP contribution in [0.4, 0.5) is 0 Å². The number of aliphatic hydroxyl groups excluding tert-OH is 1. The zero-order valence-corrected chi connectivity index (χ0v) is 17.5. The van der Waals surface area contributed by atoms with Crippen LogP contribution in [0.3, 0.4) is 0 Å². The predicted octanol–water partition coefficient (Wildman–Crippen LogP) is 1.85. The first-order valence-electron chi connectivity index (χ1n) is 9.30. The van der Waals surface area contributed by atoms with Gasteiger partial charge in [-0.3, -0.25) is 9.36 Å². The molecule has 0 aromatic rings. The molecule has 1 unspecified atom stereocenters. The summed E-state index contributed by atoms with van der Waals surface area (Å²) in [5.41, 5.74) is 0. The van der Waals surface area contributed by atoms with Gasteiger partial charge < -0.3 is 28.3 Å². The molecule has 26 heavy (non-hydrogen) atoms. The van der Waals surface area contributed by atoms with E-state index in [1.165, 1.54) is 19.3 Å². The number of esters is 1. The van der Waals surface area contributed by atoms with Crippen molar-refractivity contribution in [1.29, 1.82) is 0 Å². The average molecular weight is 397 g/mol. The van der Waals surface area contributed by atoms with Crippen molar-refractivity contribution in [3.8, 4) is 0 Å². The number of quaternary nitrogens is 1. The van der Waals surface area contributed by atoms with Crippen molar-refractivity contribution in [1.82, 2.24) is 0 Å². The van der Waals surface area contributed by atoms with E-state index in [0.717, 1.165) is 19.3 Å². The summed E-state index contributed by atoms with van der Waals surface area (Å²) in [6.45, 7) is 1.69. The lowest BCUT2D eigenvalue weighted by molar-refractivity contribution is -0.870. The lowest BCUT2D eigenvalue weighted by Gasteiger charge is -2.29. The Morgan fingerprint density at radius 2 is 1.77 bits per heavy atom. The van der Waals surface area contributed by atoms with E-state index in [4.69, 9.17) is 13.8 Å². The van der Waals surface area contributed by atoms with E-state index < -0.39 is 26.5 Å². The Morgan fingerprint density at radius 3 is 2.35 bits per heavy atom. The third kappa shape index (κ3) is 15.7. The Hall–Kier alpha value is -0.500. The number of likely N-dealkylation sites (N-methyl/N-ethyl adjacent to an activating group) is 1. The highest BCUT2D eigenvalue weighted by molar-refractivity contribution is 7.45. The van der Waals surface area contributed by atoms with E-state index in [-0.39, 0.29) is 19.6 Å². The van der Waals surface area contributed by atoms with Crippen LogP contribution in [0.15, 0.2) is 0 Å². The number of ether oxygens (including phenoxy) is 1. The zero-order chi connectivity index (χ0) is 20.1. The molecule has 0 saturated heterocycles. The number of unbranched alkanes of at least 4 members (excludes halogenated alkanes) is 5. The normalized spacial score (nSPS) is 15.5. The number of hydrogen-bond donors (Lipinski definition) is 1. The third-order valence-corrected chi connectivity index (χ3v) is 4.71. The number of carbonyl (C=O) groups is 1. The van der Waals surface area contributed by atoms with Crippen molar-refractivity contribution in [2.45, 2.75) is 58.0 Å². The van der Waals surface area contributed by atoms with Crippen molar-refractivity contribution < 1.29 is 37.6 Å². The maximum atomic E-state index is 11.8. The van der Waals surface area contributed by atoms with Crippen LogP contribution in [0.5, 0.6) is 0 Å². The van der Waals surface area contributed by atoms with Crippen LogP contribution in [0.2, 0.25) is 0 Å². The quantitative estimate of drug-likeness (QED) is 0.183. The minimum Gasteiger partial charge on any atom is -0.756 e. The van der Waals surface area contributed by atoms with Crippen LogP contribution >= 0.6 is 7.82 Å². The molecule has 0 bridgehead atoms. The van der Waals surface area contributed by atoms with Crippen LogP contribution in [-0.2, 0) is 23.1 Å². The number of nitrogens with zero attached hydrogens (tertiary/aromatic N) is 1. The fraction of sp³-hybridized carbons (Fsp3) is 0.941. The second kappa shape index (κ2) is 13.6. The molecule has 0 saturated carbocycles. The molecular weight excluding hydrogens is 361 g/mol. The van der Waals surface area contributed by atoms with Crippen LogP contribution in [0, 0.1) is 0 Å². The number of carbonyl (C=O) groups excluding carboxylic acids is 1. The first-order chi connectivity index (χ1) is 12.1. The lowest BCUT2D eigenvalue weighted by Crippen LogP contribution is -2.38. The molecule has 0 fully saturated rings. The van der Waals surface area contributed by atoms with Gasteiger partial charge >= 0.3 is 5.97 Å². The molecule has 0 radical (unpaired) electrons. The van der Waals surface area contributed by atoms with E-state index in [2.05, 4.69) is 6.92 Å². The van der Waals surface area contributed by atoms with E-state index >= 15 is 0 Å². The van der Waals surface area contributed by atoms with Crippen molar-refractivity contribution in [2.24, 2.45) is 0 Å². The minimum absolute atomic E-state index is 0.0275. The molecule has 0 aliphatic rings. The Labute approximate surface area is 157 Å². The van der Waals surface area contributed by atoms with Crippen LogP contribution < -0.4 is 4.89 Å². The van der Waals surface area contributed by atoms with Gasteiger partial charge in [0.15, 0.2) is 0 Å². The molecule has 2 atom stereocenters. The number of rotatable bonds is 16. The van der Waals surface area contributed by atoms with Gasteiger partial charge in [0.1, 0.15) is 25.9 Å². The molecule has 0 heterocycles. The van der Waals surface area contributed by atoms with E-state index in [9.17, 15) is 19.4 Å². The van der Waals surface area contributed by atoms with Crippen LogP contribution in [0.1, 0.15) is 51.9 Å². The summed E-state index contributed by atoms with van der Waals surface area (Å²) in [6.07, 6.45) is 5.45. The fourth-order valence-corrected chi connectivity index (χ4v) is 2.92. The van der Waals surface area contributed by atoms with E-state index in [1.54, 1.807) is 0 Å². The number of phosphoric ester groups is 1. The van der Waals surface area contributed by atoms with Gasteiger partial charge in [0.25, 0.3) is 7.82 Å². The fourth-order valence-electron chi connectivity index (χ4n) is 2.06. The molecule has 1 N–H and O–H groups in total. The molecule has 8 nitrogen and oxygen atoms in total.